The second kappa shape index (κ2) is 10.1. The van der Waals surface area contributed by atoms with Gasteiger partial charge in [-0.1, -0.05) is 87.5 Å². The third-order valence-corrected chi connectivity index (χ3v) is 5.08. The van der Waals surface area contributed by atoms with E-state index in [2.05, 4.69) is 26.1 Å². The molecule has 5 nitrogen and oxygen atoms in total. The van der Waals surface area contributed by atoms with Crippen molar-refractivity contribution in [2.75, 3.05) is 13.2 Å². The predicted molar refractivity (Wildman–Crippen MR) is 125 cm³/mol. The first-order valence-corrected chi connectivity index (χ1v) is 10.5. The van der Waals surface area contributed by atoms with Crippen molar-refractivity contribution in [1.29, 1.82) is 0 Å². The Kier molecular flexibility index (Phi) is 7.21. The summed E-state index contributed by atoms with van der Waals surface area (Å²) in [6.07, 6.45) is 0. The highest BCUT2D eigenvalue weighted by Gasteiger charge is 2.15. The molecule has 0 bridgehead atoms. The van der Waals surface area contributed by atoms with Crippen LogP contribution in [0, 0.1) is 0 Å². The van der Waals surface area contributed by atoms with Crippen LogP contribution in [-0.2, 0) is 14.9 Å². The molecule has 0 aromatic heterocycles. The van der Waals surface area contributed by atoms with Gasteiger partial charge in [-0.15, -0.1) is 0 Å². The van der Waals surface area contributed by atoms with E-state index in [1.807, 2.05) is 54.6 Å². The third-order valence-electron chi connectivity index (χ3n) is 5.08. The van der Waals surface area contributed by atoms with Crippen molar-refractivity contribution < 1.29 is 19.1 Å². The molecule has 0 saturated heterocycles. The molecule has 0 fully saturated rings. The molecule has 1 N–H and O–H groups in total. The van der Waals surface area contributed by atoms with Crippen LogP contribution in [0.1, 0.15) is 47.1 Å². The molecule has 5 heteroatoms. The van der Waals surface area contributed by atoms with Gasteiger partial charge in [0.05, 0.1) is 0 Å². The van der Waals surface area contributed by atoms with E-state index in [1.54, 1.807) is 24.3 Å². The highest BCUT2D eigenvalue weighted by molar-refractivity contribution is 5.99. The summed E-state index contributed by atoms with van der Waals surface area (Å²) in [5, 5.41) is 2.52. The van der Waals surface area contributed by atoms with Crippen LogP contribution in [0.3, 0.4) is 0 Å². The molecule has 0 unspecified atom stereocenters. The summed E-state index contributed by atoms with van der Waals surface area (Å²) in [6, 6.07) is 24.2. The molecule has 0 saturated carbocycles. The summed E-state index contributed by atoms with van der Waals surface area (Å²) in [5.74, 6) is -1.34. The maximum absolute atomic E-state index is 12.3. The van der Waals surface area contributed by atoms with Gasteiger partial charge in [-0.2, -0.15) is 0 Å². The van der Waals surface area contributed by atoms with E-state index in [0.29, 0.717) is 11.1 Å². The van der Waals surface area contributed by atoms with Gasteiger partial charge < -0.3 is 10.1 Å². The molecule has 164 valence electrons. The summed E-state index contributed by atoms with van der Waals surface area (Å²) < 4.78 is 5.02. The van der Waals surface area contributed by atoms with Crippen molar-refractivity contribution in [3.63, 3.8) is 0 Å². The highest BCUT2D eigenvalue weighted by Crippen LogP contribution is 2.22. The molecule has 0 aliphatic heterocycles. The zero-order chi connectivity index (χ0) is 23.1. The normalized spacial score (nSPS) is 11.0. The Morgan fingerprint density at radius 1 is 0.750 bits per heavy atom. The molecule has 3 rings (SSSR count). The number of ether oxygens (including phenoxy) is 1. The first kappa shape index (κ1) is 22.9. The quantitative estimate of drug-likeness (QED) is 0.432. The predicted octanol–water partition coefficient (Wildman–Crippen LogP) is 4.81. The summed E-state index contributed by atoms with van der Waals surface area (Å²) in [4.78, 5) is 36.5. The minimum Gasteiger partial charge on any atom is -0.456 e. The van der Waals surface area contributed by atoms with Gasteiger partial charge in [0.25, 0.3) is 5.91 Å². The number of hydrogen-bond donors (Lipinski definition) is 1. The summed E-state index contributed by atoms with van der Waals surface area (Å²) >= 11 is 0. The van der Waals surface area contributed by atoms with Gasteiger partial charge in [0.15, 0.2) is 12.4 Å². The number of benzene rings is 3. The maximum atomic E-state index is 12.3. The fourth-order valence-corrected chi connectivity index (χ4v) is 3.14. The van der Waals surface area contributed by atoms with Gasteiger partial charge in [-0.25, -0.2) is 0 Å². The highest BCUT2D eigenvalue weighted by atomic mass is 16.5. The van der Waals surface area contributed by atoms with Gasteiger partial charge >= 0.3 is 5.97 Å². The zero-order valence-electron chi connectivity index (χ0n) is 18.6. The molecule has 0 aliphatic carbocycles. The fraction of sp³-hybridized carbons (Fsp3) is 0.222. The van der Waals surface area contributed by atoms with Crippen molar-refractivity contribution in [1.82, 2.24) is 5.32 Å². The van der Waals surface area contributed by atoms with Gasteiger partial charge in [0.2, 0.25) is 0 Å². The standard InChI is InChI=1S/C27H27NO4/c1-27(2,3)23-15-13-22(14-16-23)26(31)28-17-25(30)32-18-24(29)21-11-9-20(10-12-21)19-7-5-4-6-8-19/h4-16H,17-18H2,1-3H3,(H,28,31). The topological polar surface area (TPSA) is 72.5 Å². The molecule has 1 amide bonds. The largest absolute Gasteiger partial charge is 0.456 e. The number of Topliss-reactive ketones (excluding diaryl/α,β-unsaturated/α-hetero) is 1. The minimum absolute atomic E-state index is 0.00673. The van der Waals surface area contributed by atoms with E-state index < -0.39 is 5.97 Å². The Morgan fingerprint density at radius 3 is 1.91 bits per heavy atom. The Bertz CT molecular complexity index is 1080. The summed E-state index contributed by atoms with van der Waals surface area (Å²) in [7, 11) is 0. The third kappa shape index (κ3) is 6.14. The number of rotatable bonds is 7. The minimum atomic E-state index is -0.668. The molecule has 0 atom stereocenters. The van der Waals surface area contributed by atoms with Crippen LogP contribution in [-0.4, -0.2) is 30.8 Å². The molecule has 0 heterocycles. The Morgan fingerprint density at radius 2 is 1.31 bits per heavy atom. The Hall–Kier alpha value is -3.73. The Balaban J connectivity index is 1.46. The van der Waals surface area contributed by atoms with Crippen molar-refractivity contribution in [3.05, 3.63) is 95.6 Å². The Labute approximate surface area is 188 Å². The SMILES string of the molecule is CC(C)(C)c1ccc(C(=O)NCC(=O)OCC(=O)c2ccc(-c3ccccc3)cc2)cc1. The molecule has 3 aromatic rings. The molecule has 32 heavy (non-hydrogen) atoms. The summed E-state index contributed by atoms with van der Waals surface area (Å²) in [5.41, 5.74) is 4.08. The van der Waals surface area contributed by atoms with Crippen LogP contribution in [0.5, 0.6) is 0 Å². The first-order chi connectivity index (χ1) is 15.2. The lowest BCUT2D eigenvalue weighted by molar-refractivity contribution is -0.141. The van der Waals surface area contributed by atoms with E-state index in [-0.39, 0.29) is 30.3 Å². The van der Waals surface area contributed by atoms with Crippen LogP contribution < -0.4 is 5.32 Å². The molecule has 3 aromatic carbocycles. The van der Waals surface area contributed by atoms with Crippen molar-refractivity contribution in [2.45, 2.75) is 26.2 Å². The van der Waals surface area contributed by atoms with Crippen LogP contribution in [0.25, 0.3) is 11.1 Å². The lowest BCUT2D eigenvalue weighted by Crippen LogP contribution is -2.31. The van der Waals surface area contributed by atoms with Crippen LogP contribution in [0.4, 0.5) is 0 Å². The number of amides is 1. The number of ketones is 1. The number of nitrogens with one attached hydrogen (secondary N) is 1. The van der Waals surface area contributed by atoms with Crippen LogP contribution in [0.15, 0.2) is 78.9 Å². The maximum Gasteiger partial charge on any atom is 0.325 e. The van der Waals surface area contributed by atoms with Crippen molar-refractivity contribution in [2.24, 2.45) is 0 Å². The van der Waals surface area contributed by atoms with Gasteiger partial charge in [-0.3, -0.25) is 14.4 Å². The second-order valence-corrected chi connectivity index (χ2v) is 8.54. The van der Waals surface area contributed by atoms with Crippen LogP contribution in [0.2, 0.25) is 0 Å². The molecule has 0 radical (unpaired) electrons. The lowest BCUT2D eigenvalue weighted by atomic mass is 9.87. The lowest BCUT2D eigenvalue weighted by Gasteiger charge is -2.19. The van der Waals surface area contributed by atoms with Gasteiger partial charge in [-0.05, 0) is 34.2 Å². The van der Waals surface area contributed by atoms with E-state index in [4.69, 9.17) is 4.74 Å². The van der Waals surface area contributed by atoms with Crippen molar-refractivity contribution in [3.8, 4) is 11.1 Å². The fourth-order valence-electron chi connectivity index (χ4n) is 3.14. The number of hydrogen-bond acceptors (Lipinski definition) is 4. The van der Waals surface area contributed by atoms with Gasteiger partial charge in [0.1, 0.15) is 6.54 Å². The van der Waals surface area contributed by atoms with Gasteiger partial charge in [0, 0.05) is 11.1 Å². The average molecular weight is 430 g/mol. The molecule has 0 spiro atoms. The van der Waals surface area contributed by atoms with E-state index in [9.17, 15) is 14.4 Å². The van der Waals surface area contributed by atoms with E-state index in [0.717, 1.165) is 16.7 Å². The number of carbonyl (C=O) groups excluding carboxylic acids is 3. The first-order valence-electron chi connectivity index (χ1n) is 10.5. The second-order valence-electron chi connectivity index (χ2n) is 8.54. The summed E-state index contributed by atoms with van der Waals surface area (Å²) in [6.45, 7) is 5.60. The smallest absolute Gasteiger partial charge is 0.325 e. The van der Waals surface area contributed by atoms with E-state index in [1.165, 1.54) is 0 Å². The monoisotopic (exact) mass is 429 g/mol. The molecule has 0 aliphatic rings. The van der Waals surface area contributed by atoms with Crippen molar-refractivity contribution >= 4 is 17.7 Å². The number of esters is 1. The van der Waals surface area contributed by atoms with E-state index >= 15 is 0 Å². The molecular weight excluding hydrogens is 402 g/mol. The zero-order valence-corrected chi connectivity index (χ0v) is 18.6. The number of carbonyl (C=O) groups is 3. The average Bonchev–Trinajstić information content (AvgIpc) is 2.81. The van der Waals surface area contributed by atoms with Crippen LogP contribution >= 0.6 is 0 Å². The molecular formula is C27H27NO4.